The Morgan fingerprint density at radius 3 is 1.92 bits per heavy atom. The van der Waals surface area contributed by atoms with Gasteiger partial charge in [0.2, 0.25) is 0 Å². The first-order valence-electron chi connectivity index (χ1n) is 4.57. The van der Waals surface area contributed by atoms with Crippen molar-refractivity contribution in [3.05, 3.63) is 35.6 Å². The molecule has 13 heavy (non-hydrogen) atoms. The molecule has 0 aliphatic heterocycles. The van der Waals surface area contributed by atoms with Gasteiger partial charge in [0.25, 0.3) is 0 Å². The minimum atomic E-state index is -0.174. The zero-order valence-corrected chi connectivity index (χ0v) is 8.84. The van der Waals surface area contributed by atoms with Crippen molar-refractivity contribution in [2.75, 3.05) is 14.1 Å². The van der Waals surface area contributed by atoms with Gasteiger partial charge in [-0.2, -0.15) is 0 Å². The van der Waals surface area contributed by atoms with Gasteiger partial charge in [-0.25, -0.2) is 4.39 Å². The number of nitrogens with zero attached hydrogens (tertiary/aromatic N) is 1. The largest absolute Gasteiger partial charge is 0.305 e. The topological polar surface area (TPSA) is 3.24 Å². The Morgan fingerprint density at radius 1 is 1.08 bits per heavy atom. The fourth-order valence-corrected chi connectivity index (χ4v) is 0.955. The van der Waals surface area contributed by atoms with Gasteiger partial charge in [-0.3, -0.25) is 0 Å². The molecular formula is C11H18FN. The van der Waals surface area contributed by atoms with Crippen LogP contribution in [0.2, 0.25) is 0 Å². The van der Waals surface area contributed by atoms with Crippen LogP contribution in [0.5, 0.6) is 0 Å². The van der Waals surface area contributed by atoms with E-state index in [2.05, 4.69) is 0 Å². The Balaban J connectivity index is 0.000000671. The third-order valence-corrected chi connectivity index (χ3v) is 1.41. The minimum Gasteiger partial charge on any atom is -0.305 e. The van der Waals surface area contributed by atoms with Crippen LogP contribution in [0.25, 0.3) is 0 Å². The molecule has 0 heterocycles. The lowest BCUT2D eigenvalue weighted by Gasteiger charge is -2.08. The zero-order valence-electron chi connectivity index (χ0n) is 8.84. The molecule has 0 saturated heterocycles. The normalized spacial score (nSPS) is 9.38. The molecule has 0 saturated carbocycles. The van der Waals surface area contributed by atoms with Crippen LogP contribution in [0.1, 0.15) is 19.4 Å². The summed E-state index contributed by atoms with van der Waals surface area (Å²) in [6, 6.07) is 6.57. The molecule has 1 nitrogen and oxygen atoms in total. The molecule has 0 aliphatic rings. The monoisotopic (exact) mass is 183 g/mol. The van der Waals surface area contributed by atoms with E-state index in [4.69, 9.17) is 0 Å². The van der Waals surface area contributed by atoms with E-state index in [1.165, 1.54) is 12.1 Å². The second kappa shape index (κ2) is 6.61. The van der Waals surface area contributed by atoms with Gasteiger partial charge < -0.3 is 4.90 Å². The first kappa shape index (κ1) is 12.1. The molecule has 0 radical (unpaired) electrons. The third-order valence-electron chi connectivity index (χ3n) is 1.41. The van der Waals surface area contributed by atoms with Gasteiger partial charge in [0.05, 0.1) is 0 Å². The van der Waals surface area contributed by atoms with Crippen molar-refractivity contribution in [2.24, 2.45) is 0 Å². The number of rotatable bonds is 2. The number of benzene rings is 1. The van der Waals surface area contributed by atoms with Gasteiger partial charge in [-0.1, -0.05) is 26.0 Å². The summed E-state index contributed by atoms with van der Waals surface area (Å²) >= 11 is 0. The van der Waals surface area contributed by atoms with E-state index in [1.807, 2.05) is 32.8 Å². The van der Waals surface area contributed by atoms with Gasteiger partial charge in [-0.15, -0.1) is 0 Å². The fraction of sp³-hybridized carbons (Fsp3) is 0.455. The molecule has 0 bridgehead atoms. The fourth-order valence-electron chi connectivity index (χ4n) is 0.955. The predicted octanol–water partition coefficient (Wildman–Crippen LogP) is 2.91. The number of halogens is 1. The van der Waals surface area contributed by atoms with Gasteiger partial charge in [0.15, 0.2) is 0 Å². The summed E-state index contributed by atoms with van der Waals surface area (Å²) < 4.78 is 12.4. The van der Waals surface area contributed by atoms with Crippen molar-refractivity contribution in [1.82, 2.24) is 4.90 Å². The van der Waals surface area contributed by atoms with E-state index >= 15 is 0 Å². The number of hydrogen-bond donors (Lipinski definition) is 0. The van der Waals surface area contributed by atoms with Crippen LogP contribution in [-0.2, 0) is 6.54 Å². The summed E-state index contributed by atoms with van der Waals surface area (Å²) in [5.41, 5.74) is 1.14. The Bertz CT molecular complexity index is 216. The van der Waals surface area contributed by atoms with Crippen LogP contribution in [-0.4, -0.2) is 19.0 Å². The number of hydrogen-bond acceptors (Lipinski definition) is 1. The van der Waals surface area contributed by atoms with Gasteiger partial charge in [-0.05, 0) is 31.8 Å². The lowest BCUT2D eigenvalue weighted by atomic mass is 10.2. The summed E-state index contributed by atoms with van der Waals surface area (Å²) in [6.45, 7) is 4.86. The van der Waals surface area contributed by atoms with Crippen molar-refractivity contribution in [2.45, 2.75) is 20.4 Å². The van der Waals surface area contributed by atoms with Crippen LogP contribution in [0, 0.1) is 5.82 Å². The second-order valence-electron chi connectivity index (χ2n) is 2.86. The summed E-state index contributed by atoms with van der Waals surface area (Å²) in [5.74, 6) is -0.174. The zero-order chi connectivity index (χ0) is 10.3. The highest BCUT2D eigenvalue weighted by molar-refractivity contribution is 5.15. The molecule has 1 aromatic carbocycles. The van der Waals surface area contributed by atoms with Crippen LogP contribution >= 0.6 is 0 Å². The summed E-state index contributed by atoms with van der Waals surface area (Å²) in [4.78, 5) is 2.05. The maximum absolute atomic E-state index is 12.4. The van der Waals surface area contributed by atoms with Crippen molar-refractivity contribution in [1.29, 1.82) is 0 Å². The van der Waals surface area contributed by atoms with Crippen LogP contribution < -0.4 is 0 Å². The Morgan fingerprint density at radius 2 is 1.54 bits per heavy atom. The molecule has 0 fully saturated rings. The molecule has 0 N–H and O–H groups in total. The third kappa shape index (κ3) is 5.36. The smallest absolute Gasteiger partial charge is 0.123 e. The maximum Gasteiger partial charge on any atom is 0.123 e. The van der Waals surface area contributed by atoms with Gasteiger partial charge in [0, 0.05) is 6.54 Å². The van der Waals surface area contributed by atoms with Crippen molar-refractivity contribution in [3.8, 4) is 0 Å². The molecule has 0 aromatic heterocycles. The van der Waals surface area contributed by atoms with E-state index in [1.54, 1.807) is 12.1 Å². The summed E-state index contributed by atoms with van der Waals surface area (Å²) in [5, 5.41) is 0. The molecular weight excluding hydrogens is 165 g/mol. The van der Waals surface area contributed by atoms with E-state index < -0.39 is 0 Å². The first-order valence-corrected chi connectivity index (χ1v) is 4.57. The van der Waals surface area contributed by atoms with Crippen LogP contribution in [0.3, 0.4) is 0 Å². The molecule has 74 valence electrons. The molecule has 0 spiro atoms. The first-order chi connectivity index (χ1) is 6.18. The molecule has 0 unspecified atom stereocenters. The van der Waals surface area contributed by atoms with Crippen molar-refractivity contribution < 1.29 is 4.39 Å². The molecule has 1 aromatic rings. The highest BCUT2D eigenvalue weighted by atomic mass is 19.1. The SMILES string of the molecule is CC.CN(C)Cc1ccc(F)cc1. The Labute approximate surface area is 80.2 Å². The van der Waals surface area contributed by atoms with E-state index in [0.29, 0.717) is 0 Å². The average molecular weight is 183 g/mol. The van der Waals surface area contributed by atoms with Crippen molar-refractivity contribution in [3.63, 3.8) is 0 Å². The molecule has 2 heteroatoms. The average Bonchev–Trinajstić information content (AvgIpc) is 2.12. The molecule has 0 amide bonds. The quantitative estimate of drug-likeness (QED) is 0.681. The standard InChI is InChI=1S/C9H12FN.C2H6/c1-11(2)7-8-3-5-9(10)6-4-8;1-2/h3-6H,7H2,1-2H3;1-2H3. The lowest BCUT2D eigenvalue weighted by molar-refractivity contribution is 0.402. The molecule has 1 rings (SSSR count). The second-order valence-corrected chi connectivity index (χ2v) is 2.86. The van der Waals surface area contributed by atoms with Crippen molar-refractivity contribution >= 4 is 0 Å². The Kier molecular flexibility index (Phi) is 6.15. The predicted molar refractivity (Wildman–Crippen MR) is 55.1 cm³/mol. The van der Waals surface area contributed by atoms with E-state index in [-0.39, 0.29) is 5.82 Å². The summed E-state index contributed by atoms with van der Waals surface area (Å²) in [6.07, 6.45) is 0. The molecule has 0 atom stereocenters. The van der Waals surface area contributed by atoms with Crippen LogP contribution in [0.15, 0.2) is 24.3 Å². The van der Waals surface area contributed by atoms with E-state index in [0.717, 1.165) is 12.1 Å². The van der Waals surface area contributed by atoms with Gasteiger partial charge in [0.1, 0.15) is 5.82 Å². The maximum atomic E-state index is 12.4. The lowest BCUT2D eigenvalue weighted by Crippen LogP contribution is -2.10. The highest BCUT2D eigenvalue weighted by Crippen LogP contribution is 2.03. The minimum absolute atomic E-state index is 0.174. The summed E-state index contributed by atoms with van der Waals surface area (Å²) in [7, 11) is 3.98. The van der Waals surface area contributed by atoms with E-state index in [9.17, 15) is 4.39 Å². The van der Waals surface area contributed by atoms with Crippen LogP contribution in [0.4, 0.5) is 4.39 Å². The Hall–Kier alpha value is -0.890. The molecule has 0 aliphatic carbocycles. The highest BCUT2D eigenvalue weighted by Gasteiger charge is 1.94. The van der Waals surface area contributed by atoms with Gasteiger partial charge >= 0.3 is 0 Å².